The predicted octanol–water partition coefficient (Wildman–Crippen LogP) is 3.30. The van der Waals surface area contributed by atoms with Gasteiger partial charge in [-0.2, -0.15) is 0 Å². The summed E-state index contributed by atoms with van der Waals surface area (Å²) in [6.07, 6.45) is 1.33. The SMILES string of the molecule is CCC(CN)Sc1ccc(OC(C)C)cc1. The molecule has 1 rings (SSSR count). The summed E-state index contributed by atoms with van der Waals surface area (Å²) in [5.41, 5.74) is 5.68. The lowest BCUT2D eigenvalue weighted by molar-refractivity contribution is 0.242. The van der Waals surface area contributed by atoms with E-state index >= 15 is 0 Å². The summed E-state index contributed by atoms with van der Waals surface area (Å²) in [5, 5.41) is 0.511. The fraction of sp³-hybridized carbons (Fsp3) is 0.538. The zero-order valence-corrected chi connectivity index (χ0v) is 11.1. The van der Waals surface area contributed by atoms with E-state index in [-0.39, 0.29) is 6.10 Å². The summed E-state index contributed by atoms with van der Waals surface area (Å²) < 4.78 is 5.59. The molecule has 2 nitrogen and oxygen atoms in total. The molecule has 1 aromatic carbocycles. The van der Waals surface area contributed by atoms with Crippen LogP contribution in [-0.2, 0) is 0 Å². The maximum absolute atomic E-state index is 5.68. The van der Waals surface area contributed by atoms with Gasteiger partial charge in [-0.15, -0.1) is 11.8 Å². The van der Waals surface area contributed by atoms with Gasteiger partial charge in [0.1, 0.15) is 5.75 Å². The Balaban J connectivity index is 2.57. The molecule has 0 fully saturated rings. The van der Waals surface area contributed by atoms with Crippen LogP contribution in [0.4, 0.5) is 0 Å². The Hall–Kier alpha value is -0.670. The van der Waals surface area contributed by atoms with Crippen molar-refractivity contribution in [2.24, 2.45) is 5.73 Å². The molecular weight excluding hydrogens is 218 g/mol. The third-order valence-corrected chi connectivity index (χ3v) is 3.62. The highest BCUT2D eigenvalue weighted by molar-refractivity contribution is 8.00. The van der Waals surface area contributed by atoms with Crippen LogP contribution in [-0.4, -0.2) is 17.9 Å². The van der Waals surface area contributed by atoms with Crippen molar-refractivity contribution in [2.75, 3.05) is 6.54 Å². The molecule has 1 atom stereocenters. The van der Waals surface area contributed by atoms with Crippen LogP contribution in [0.5, 0.6) is 5.75 Å². The van der Waals surface area contributed by atoms with Crippen molar-refractivity contribution >= 4 is 11.8 Å². The maximum atomic E-state index is 5.68. The Kier molecular flexibility index (Phi) is 5.71. The summed E-state index contributed by atoms with van der Waals surface area (Å²) in [6, 6.07) is 8.23. The van der Waals surface area contributed by atoms with E-state index in [1.807, 2.05) is 37.7 Å². The molecule has 3 heteroatoms. The largest absolute Gasteiger partial charge is 0.491 e. The summed E-state index contributed by atoms with van der Waals surface area (Å²) in [5.74, 6) is 0.931. The fourth-order valence-corrected chi connectivity index (χ4v) is 2.30. The van der Waals surface area contributed by atoms with Gasteiger partial charge in [0.05, 0.1) is 6.10 Å². The molecule has 0 radical (unpaired) electrons. The van der Waals surface area contributed by atoms with Gasteiger partial charge in [-0.05, 0) is 44.5 Å². The van der Waals surface area contributed by atoms with Gasteiger partial charge in [0, 0.05) is 16.7 Å². The van der Waals surface area contributed by atoms with Crippen LogP contribution in [0, 0.1) is 0 Å². The monoisotopic (exact) mass is 239 g/mol. The Morgan fingerprint density at radius 2 is 1.88 bits per heavy atom. The number of benzene rings is 1. The summed E-state index contributed by atoms with van der Waals surface area (Å²) in [4.78, 5) is 1.26. The lowest BCUT2D eigenvalue weighted by Gasteiger charge is -2.13. The molecule has 0 saturated heterocycles. The van der Waals surface area contributed by atoms with Gasteiger partial charge >= 0.3 is 0 Å². The van der Waals surface area contributed by atoms with E-state index in [1.54, 1.807) is 0 Å². The smallest absolute Gasteiger partial charge is 0.119 e. The third-order valence-electron chi connectivity index (χ3n) is 2.22. The zero-order chi connectivity index (χ0) is 12.0. The molecular formula is C13H21NOS. The van der Waals surface area contributed by atoms with Crippen LogP contribution in [0.15, 0.2) is 29.2 Å². The van der Waals surface area contributed by atoms with Gasteiger partial charge < -0.3 is 10.5 Å². The second-order valence-corrected chi connectivity index (χ2v) is 5.40. The molecule has 0 aromatic heterocycles. The minimum atomic E-state index is 0.228. The molecule has 1 unspecified atom stereocenters. The highest BCUT2D eigenvalue weighted by atomic mass is 32.2. The van der Waals surface area contributed by atoms with E-state index in [2.05, 4.69) is 19.1 Å². The number of nitrogens with two attached hydrogens (primary N) is 1. The van der Waals surface area contributed by atoms with Gasteiger partial charge in [0.2, 0.25) is 0 Å². The molecule has 16 heavy (non-hydrogen) atoms. The maximum Gasteiger partial charge on any atom is 0.119 e. The molecule has 90 valence electrons. The van der Waals surface area contributed by atoms with Crippen molar-refractivity contribution in [3.63, 3.8) is 0 Å². The van der Waals surface area contributed by atoms with Crippen LogP contribution in [0.25, 0.3) is 0 Å². The van der Waals surface area contributed by atoms with Crippen molar-refractivity contribution in [3.05, 3.63) is 24.3 Å². The first-order valence-electron chi connectivity index (χ1n) is 5.79. The third kappa shape index (κ3) is 4.45. The molecule has 0 aliphatic carbocycles. The van der Waals surface area contributed by atoms with Gasteiger partial charge in [0.25, 0.3) is 0 Å². The molecule has 1 aromatic rings. The van der Waals surface area contributed by atoms with Gasteiger partial charge in [-0.3, -0.25) is 0 Å². The first-order chi connectivity index (χ1) is 7.65. The lowest BCUT2D eigenvalue weighted by Crippen LogP contribution is -2.15. The molecule has 0 amide bonds. The van der Waals surface area contributed by atoms with Crippen molar-refractivity contribution in [1.82, 2.24) is 0 Å². The first-order valence-corrected chi connectivity index (χ1v) is 6.67. The van der Waals surface area contributed by atoms with Crippen LogP contribution >= 0.6 is 11.8 Å². The van der Waals surface area contributed by atoms with Crippen LogP contribution in [0.3, 0.4) is 0 Å². The van der Waals surface area contributed by atoms with E-state index < -0.39 is 0 Å². The van der Waals surface area contributed by atoms with E-state index in [4.69, 9.17) is 10.5 Å². The van der Waals surface area contributed by atoms with Crippen molar-refractivity contribution in [3.8, 4) is 5.75 Å². The normalized spacial score (nSPS) is 12.8. The van der Waals surface area contributed by atoms with Crippen molar-refractivity contribution < 1.29 is 4.74 Å². The zero-order valence-electron chi connectivity index (χ0n) is 10.3. The highest BCUT2D eigenvalue weighted by Gasteiger charge is 2.06. The van der Waals surface area contributed by atoms with Gasteiger partial charge in [-0.25, -0.2) is 0 Å². The molecule has 0 saturated carbocycles. The number of ether oxygens (including phenoxy) is 1. The Labute approximate surface area is 103 Å². The van der Waals surface area contributed by atoms with Gasteiger partial charge in [-0.1, -0.05) is 6.92 Å². The second kappa shape index (κ2) is 6.81. The topological polar surface area (TPSA) is 35.2 Å². The van der Waals surface area contributed by atoms with E-state index in [1.165, 1.54) is 4.90 Å². The lowest BCUT2D eigenvalue weighted by atomic mass is 10.3. The summed E-state index contributed by atoms with van der Waals surface area (Å²) in [6.45, 7) is 6.96. The molecule has 0 spiro atoms. The van der Waals surface area contributed by atoms with Crippen molar-refractivity contribution in [2.45, 2.75) is 43.4 Å². The second-order valence-electron chi connectivity index (χ2n) is 4.02. The fourth-order valence-electron chi connectivity index (χ4n) is 1.36. The summed E-state index contributed by atoms with van der Waals surface area (Å²) >= 11 is 1.84. The molecule has 2 N–H and O–H groups in total. The van der Waals surface area contributed by atoms with Crippen LogP contribution < -0.4 is 10.5 Å². The molecule has 0 aliphatic heterocycles. The van der Waals surface area contributed by atoms with Crippen molar-refractivity contribution in [1.29, 1.82) is 0 Å². The number of thioether (sulfide) groups is 1. The average Bonchev–Trinajstić information content (AvgIpc) is 2.27. The van der Waals surface area contributed by atoms with E-state index in [9.17, 15) is 0 Å². The minimum absolute atomic E-state index is 0.228. The standard InChI is InChI=1S/C13H21NOS/c1-4-12(9-14)16-13-7-5-11(6-8-13)15-10(2)3/h5-8,10,12H,4,9,14H2,1-3H3. The Morgan fingerprint density at radius 1 is 1.25 bits per heavy atom. The quantitative estimate of drug-likeness (QED) is 0.774. The first kappa shape index (κ1) is 13.4. The van der Waals surface area contributed by atoms with E-state index in [0.29, 0.717) is 5.25 Å². The van der Waals surface area contributed by atoms with E-state index in [0.717, 1.165) is 18.7 Å². The molecule has 0 bridgehead atoms. The number of hydrogen-bond donors (Lipinski definition) is 1. The number of hydrogen-bond acceptors (Lipinski definition) is 3. The summed E-state index contributed by atoms with van der Waals surface area (Å²) in [7, 11) is 0. The van der Waals surface area contributed by atoms with Gasteiger partial charge in [0.15, 0.2) is 0 Å². The Morgan fingerprint density at radius 3 is 2.31 bits per heavy atom. The predicted molar refractivity (Wildman–Crippen MR) is 71.2 cm³/mol. The minimum Gasteiger partial charge on any atom is -0.491 e. The number of rotatable bonds is 6. The van der Waals surface area contributed by atoms with Crippen LogP contribution in [0.2, 0.25) is 0 Å². The molecule has 0 heterocycles. The average molecular weight is 239 g/mol. The highest BCUT2D eigenvalue weighted by Crippen LogP contribution is 2.26. The van der Waals surface area contributed by atoms with Crippen LogP contribution in [0.1, 0.15) is 27.2 Å². The molecule has 0 aliphatic rings. The Bertz CT molecular complexity index is 293.